The Morgan fingerprint density at radius 2 is 1.79 bits per heavy atom. The van der Waals surface area contributed by atoms with Gasteiger partial charge in [0, 0.05) is 26.9 Å². The number of nitrogens with one attached hydrogen (secondary N) is 1. The SMILES string of the molecule is CC[C@H](C)[C@H](NC(=O)CCCC(=O)N(C)C)C(=O)O. The van der Waals surface area contributed by atoms with Crippen LogP contribution in [-0.4, -0.2) is 47.9 Å². The number of hydrogen-bond donors (Lipinski definition) is 2. The monoisotopic (exact) mass is 272 g/mol. The number of nitrogens with zero attached hydrogens (tertiary/aromatic N) is 1. The molecule has 0 aliphatic carbocycles. The first-order valence-electron chi connectivity index (χ1n) is 6.51. The summed E-state index contributed by atoms with van der Waals surface area (Å²) in [5.41, 5.74) is 0. The van der Waals surface area contributed by atoms with Crippen LogP contribution in [0, 0.1) is 5.92 Å². The van der Waals surface area contributed by atoms with Crippen LogP contribution in [0.5, 0.6) is 0 Å². The third-order valence-electron chi connectivity index (χ3n) is 3.09. The second kappa shape index (κ2) is 8.50. The molecule has 0 bridgehead atoms. The van der Waals surface area contributed by atoms with Crippen molar-refractivity contribution in [1.82, 2.24) is 10.2 Å². The van der Waals surface area contributed by atoms with Crippen molar-refractivity contribution >= 4 is 17.8 Å². The third-order valence-corrected chi connectivity index (χ3v) is 3.09. The molecule has 0 aromatic rings. The van der Waals surface area contributed by atoms with Gasteiger partial charge >= 0.3 is 5.97 Å². The van der Waals surface area contributed by atoms with Crippen molar-refractivity contribution in [3.05, 3.63) is 0 Å². The van der Waals surface area contributed by atoms with Crippen molar-refractivity contribution in [3.63, 3.8) is 0 Å². The molecule has 0 radical (unpaired) electrons. The van der Waals surface area contributed by atoms with Crippen LogP contribution in [0.15, 0.2) is 0 Å². The van der Waals surface area contributed by atoms with Gasteiger partial charge in [0.2, 0.25) is 11.8 Å². The molecule has 0 fully saturated rings. The van der Waals surface area contributed by atoms with E-state index in [9.17, 15) is 14.4 Å². The van der Waals surface area contributed by atoms with Gasteiger partial charge in [-0.15, -0.1) is 0 Å². The Morgan fingerprint density at radius 3 is 2.21 bits per heavy atom. The molecule has 0 saturated heterocycles. The molecule has 19 heavy (non-hydrogen) atoms. The van der Waals surface area contributed by atoms with Gasteiger partial charge < -0.3 is 15.3 Å². The molecular weight excluding hydrogens is 248 g/mol. The van der Waals surface area contributed by atoms with Crippen LogP contribution in [0.4, 0.5) is 0 Å². The lowest BCUT2D eigenvalue weighted by Gasteiger charge is -2.20. The molecular formula is C13H24N2O4. The molecule has 2 atom stereocenters. The topological polar surface area (TPSA) is 86.7 Å². The van der Waals surface area contributed by atoms with Crippen molar-refractivity contribution in [3.8, 4) is 0 Å². The van der Waals surface area contributed by atoms with Gasteiger partial charge in [-0.25, -0.2) is 4.79 Å². The Morgan fingerprint density at radius 1 is 1.21 bits per heavy atom. The van der Waals surface area contributed by atoms with Gasteiger partial charge in [-0.05, 0) is 12.3 Å². The van der Waals surface area contributed by atoms with Gasteiger partial charge in [0.25, 0.3) is 0 Å². The first-order chi connectivity index (χ1) is 8.79. The number of hydrogen-bond acceptors (Lipinski definition) is 3. The van der Waals surface area contributed by atoms with Crippen LogP contribution >= 0.6 is 0 Å². The highest BCUT2D eigenvalue weighted by Crippen LogP contribution is 2.08. The fraction of sp³-hybridized carbons (Fsp3) is 0.769. The molecule has 0 heterocycles. The van der Waals surface area contributed by atoms with E-state index in [0.29, 0.717) is 19.3 Å². The highest BCUT2D eigenvalue weighted by Gasteiger charge is 2.24. The number of rotatable bonds is 8. The summed E-state index contributed by atoms with van der Waals surface area (Å²) in [6, 6.07) is -0.859. The minimum Gasteiger partial charge on any atom is -0.480 e. The fourth-order valence-corrected chi connectivity index (χ4v) is 1.55. The molecule has 0 aromatic heterocycles. The molecule has 6 heteroatoms. The predicted octanol–water partition coefficient (Wildman–Crippen LogP) is 0.860. The van der Waals surface area contributed by atoms with Gasteiger partial charge in [-0.1, -0.05) is 20.3 Å². The maximum absolute atomic E-state index is 11.6. The first kappa shape index (κ1) is 17.4. The van der Waals surface area contributed by atoms with Crippen LogP contribution in [0.25, 0.3) is 0 Å². The third kappa shape index (κ3) is 6.79. The van der Waals surface area contributed by atoms with Gasteiger partial charge in [0.15, 0.2) is 0 Å². The Kier molecular flexibility index (Phi) is 7.79. The molecule has 6 nitrogen and oxygen atoms in total. The van der Waals surface area contributed by atoms with Crippen LogP contribution in [0.1, 0.15) is 39.5 Å². The minimum absolute atomic E-state index is 0.0375. The minimum atomic E-state index is -1.02. The normalized spacial score (nSPS) is 13.5. The van der Waals surface area contributed by atoms with E-state index in [4.69, 9.17) is 5.11 Å². The highest BCUT2D eigenvalue weighted by molar-refractivity contribution is 5.84. The molecule has 2 N–H and O–H groups in total. The fourth-order valence-electron chi connectivity index (χ4n) is 1.55. The number of carbonyl (C=O) groups is 3. The molecule has 0 aliphatic rings. The Hall–Kier alpha value is -1.59. The van der Waals surface area contributed by atoms with Crippen molar-refractivity contribution in [2.24, 2.45) is 5.92 Å². The van der Waals surface area contributed by atoms with Crippen LogP contribution in [0.3, 0.4) is 0 Å². The van der Waals surface area contributed by atoms with Gasteiger partial charge in [-0.2, -0.15) is 0 Å². The molecule has 110 valence electrons. The van der Waals surface area contributed by atoms with E-state index in [1.165, 1.54) is 4.90 Å². The Bertz CT molecular complexity index is 329. The average Bonchev–Trinajstić information content (AvgIpc) is 2.34. The number of carboxylic acid groups (broad SMARTS) is 1. The van der Waals surface area contributed by atoms with E-state index in [1.807, 2.05) is 6.92 Å². The van der Waals surface area contributed by atoms with Crippen molar-refractivity contribution < 1.29 is 19.5 Å². The Balaban J connectivity index is 4.14. The predicted molar refractivity (Wildman–Crippen MR) is 71.6 cm³/mol. The zero-order valence-electron chi connectivity index (χ0n) is 12.1. The zero-order valence-corrected chi connectivity index (χ0v) is 12.1. The van der Waals surface area contributed by atoms with Crippen LogP contribution < -0.4 is 5.32 Å². The smallest absolute Gasteiger partial charge is 0.326 e. The molecule has 0 rings (SSSR count). The summed E-state index contributed by atoms with van der Waals surface area (Å²) in [7, 11) is 3.32. The summed E-state index contributed by atoms with van der Waals surface area (Å²) >= 11 is 0. The lowest BCUT2D eigenvalue weighted by molar-refractivity contribution is -0.143. The van der Waals surface area contributed by atoms with Crippen molar-refractivity contribution in [1.29, 1.82) is 0 Å². The number of carbonyl (C=O) groups excluding carboxylic acids is 2. The van der Waals surface area contributed by atoms with Crippen LogP contribution in [0.2, 0.25) is 0 Å². The Labute approximate surface area is 114 Å². The summed E-state index contributed by atoms with van der Waals surface area (Å²) in [6.07, 6.45) is 1.56. The summed E-state index contributed by atoms with van der Waals surface area (Å²) in [5, 5.41) is 11.5. The number of amides is 2. The zero-order chi connectivity index (χ0) is 15.0. The van der Waals surface area contributed by atoms with E-state index in [0.717, 1.165) is 0 Å². The van der Waals surface area contributed by atoms with Crippen molar-refractivity contribution in [2.75, 3.05) is 14.1 Å². The summed E-state index contributed by atoms with van der Waals surface area (Å²) < 4.78 is 0. The summed E-state index contributed by atoms with van der Waals surface area (Å²) in [6.45, 7) is 3.66. The van der Waals surface area contributed by atoms with E-state index >= 15 is 0 Å². The van der Waals surface area contributed by atoms with E-state index < -0.39 is 12.0 Å². The van der Waals surface area contributed by atoms with E-state index in [2.05, 4.69) is 5.32 Å². The maximum Gasteiger partial charge on any atom is 0.326 e. The number of aliphatic carboxylic acids is 1. The maximum atomic E-state index is 11.6. The lowest BCUT2D eigenvalue weighted by Crippen LogP contribution is -2.45. The molecule has 2 amide bonds. The quantitative estimate of drug-likeness (QED) is 0.686. The number of carboxylic acids is 1. The molecule has 0 aliphatic heterocycles. The summed E-state index contributed by atoms with van der Waals surface area (Å²) in [5.74, 6) is -1.50. The highest BCUT2D eigenvalue weighted by atomic mass is 16.4. The van der Waals surface area contributed by atoms with Gasteiger partial charge in [0.05, 0.1) is 0 Å². The second-order valence-electron chi connectivity index (χ2n) is 4.91. The summed E-state index contributed by atoms with van der Waals surface area (Å²) in [4.78, 5) is 35.4. The molecule has 0 spiro atoms. The standard InChI is InChI=1S/C13H24N2O4/c1-5-9(2)12(13(18)19)14-10(16)7-6-8-11(17)15(3)4/h9,12H,5-8H2,1-4H3,(H,14,16)(H,18,19)/t9-,12-/m0/s1. The van der Waals surface area contributed by atoms with E-state index in [-0.39, 0.29) is 24.2 Å². The lowest BCUT2D eigenvalue weighted by atomic mass is 9.99. The first-order valence-corrected chi connectivity index (χ1v) is 6.51. The molecule has 0 unspecified atom stereocenters. The van der Waals surface area contributed by atoms with Crippen LogP contribution in [-0.2, 0) is 14.4 Å². The largest absolute Gasteiger partial charge is 0.480 e. The van der Waals surface area contributed by atoms with Gasteiger partial charge in [0.1, 0.15) is 6.04 Å². The molecule has 0 saturated carbocycles. The molecule has 0 aromatic carbocycles. The van der Waals surface area contributed by atoms with Gasteiger partial charge in [-0.3, -0.25) is 9.59 Å². The van der Waals surface area contributed by atoms with Crippen molar-refractivity contribution in [2.45, 2.75) is 45.6 Å². The average molecular weight is 272 g/mol. The second-order valence-corrected chi connectivity index (χ2v) is 4.91. The van der Waals surface area contributed by atoms with E-state index in [1.54, 1.807) is 21.0 Å².